The van der Waals surface area contributed by atoms with Crippen molar-refractivity contribution in [1.82, 2.24) is 14.9 Å². The number of rotatable bonds is 4. The quantitative estimate of drug-likeness (QED) is 0.850. The van der Waals surface area contributed by atoms with Crippen LogP contribution in [0.25, 0.3) is 0 Å². The summed E-state index contributed by atoms with van der Waals surface area (Å²) in [5.74, 6) is 1.48. The maximum Gasteiger partial charge on any atom is 0.232 e. The van der Waals surface area contributed by atoms with Crippen LogP contribution >= 0.6 is 0 Å². The molecule has 21 heavy (non-hydrogen) atoms. The Morgan fingerprint density at radius 2 is 1.95 bits per heavy atom. The summed E-state index contributed by atoms with van der Waals surface area (Å²) < 4.78 is 11.4. The molecule has 5 nitrogen and oxygen atoms in total. The van der Waals surface area contributed by atoms with Crippen molar-refractivity contribution in [3.63, 3.8) is 0 Å². The number of aryl methyl sites for hydroxylation is 1. The van der Waals surface area contributed by atoms with E-state index in [0.717, 1.165) is 50.8 Å². The molecule has 0 radical (unpaired) electrons. The molecule has 2 aliphatic heterocycles. The normalized spacial score (nSPS) is 22.3. The first-order chi connectivity index (χ1) is 10.3. The summed E-state index contributed by atoms with van der Waals surface area (Å²) in [5, 5.41) is 0. The van der Waals surface area contributed by atoms with Crippen molar-refractivity contribution in [3.8, 4) is 5.88 Å². The molecule has 2 aliphatic rings. The van der Waals surface area contributed by atoms with Gasteiger partial charge in [0.1, 0.15) is 6.10 Å². The van der Waals surface area contributed by atoms with E-state index < -0.39 is 0 Å². The van der Waals surface area contributed by atoms with Crippen molar-refractivity contribution in [3.05, 3.63) is 18.1 Å². The summed E-state index contributed by atoms with van der Waals surface area (Å²) in [5.41, 5.74) is 0.907. The average Bonchev–Trinajstić information content (AvgIpc) is 2.50. The van der Waals surface area contributed by atoms with Crippen LogP contribution in [-0.2, 0) is 4.74 Å². The van der Waals surface area contributed by atoms with Crippen molar-refractivity contribution in [1.29, 1.82) is 0 Å². The topological polar surface area (TPSA) is 47.5 Å². The van der Waals surface area contributed by atoms with Crippen molar-refractivity contribution < 1.29 is 9.47 Å². The van der Waals surface area contributed by atoms with Crippen LogP contribution in [0.4, 0.5) is 0 Å². The largest absolute Gasteiger partial charge is 0.473 e. The lowest BCUT2D eigenvalue weighted by molar-refractivity contribution is 0.0382. The van der Waals surface area contributed by atoms with Crippen LogP contribution < -0.4 is 4.74 Å². The summed E-state index contributed by atoms with van der Waals surface area (Å²) in [7, 11) is 0. The van der Waals surface area contributed by atoms with E-state index in [0.29, 0.717) is 5.88 Å². The van der Waals surface area contributed by atoms with E-state index in [9.17, 15) is 0 Å². The number of hydrogen-bond donors (Lipinski definition) is 0. The zero-order chi connectivity index (χ0) is 14.5. The van der Waals surface area contributed by atoms with Gasteiger partial charge in [0.05, 0.1) is 11.9 Å². The highest BCUT2D eigenvalue weighted by Gasteiger charge is 2.24. The molecule has 0 unspecified atom stereocenters. The second-order valence-corrected chi connectivity index (χ2v) is 6.17. The Bertz CT molecular complexity index is 441. The third kappa shape index (κ3) is 4.38. The Labute approximate surface area is 126 Å². The van der Waals surface area contributed by atoms with Gasteiger partial charge in [-0.05, 0) is 38.5 Å². The second-order valence-electron chi connectivity index (χ2n) is 6.17. The molecule has 0 aromatic carbocycles. The molecule has 1 aromatic rings. The number of piperidine rings is 1. The molecule has 3 heterocycles. The smallest absolute Gasteiger partial charge is 0.232 e. The van der Waals surface area contributed by atoms with Gasteiger partial charge in [0.25, 0.3) is 0 Å². The highest BCUT2D eigenvalue weighted by molar-refractivity contribution is 5.07. The van der Waals surface area contributed by atoms with Gasteiger partial charge in [-0.1, -0.05) is 0 Å². The third-order valence-electron chi connectivity index (χ3n) is 4.41. The first kappa shape index (κ1) is 14.7. The fraction of sp³-hybridized carbons (Fsp3) is 0.750. The molecule has 2 fully saturated rings. The summed E-state index contributed by atoms with van der Waals surface area (Å²) >= 11 is 0. The maximum atomic E-state index is 5.95. The summed E-state index contributed by atoms with van der Waals surface area (Å²) in [4.78, 5) is 11.1. The fourth-order valence-electron chi connectivity index (χ4n) is 3.17. The minimum Gasteiger partial charge on any atom is -0.473 e. The van der Waals surface area contributed by atoms with Crippen LogP contribution in [-0.4, -0.2) is 53.8 Å². The zero-order valence-electron chi connectivity index (χ0n) is 12.8. The van der Waals surface area contributed by atoms with E-state index in [1.54, 1.807) is 12.4 Å². The Hall–Kier alpha value is -1.20. The van der Waals surface area contributed by atoms with Crippen LogP contribution in [0, 0.1) is 12.8 Å². The Morgan fingerprint density at radius 3 is 2.67 bits per heavy atom. The highest BCUT2D eigenvalue weighted by Crippen LogP contribution is 2.21. The third-order valence-corrected chi connectivity index (χ3v) is 4.41. The lowest BCUT2D eigenvalue weighted by atomic mass is 9.98. The van der Waals surface area contributed by atoms with Crippen molar-refractivity contribution in [2.75, 3.05) is 32.8 Å². The van der Waals surface area contributed by atoms with Crippen molar-refractivity contribution >= 4 is 0 Å². The van der Waals surface area contributed by atoms with Crippen LogP contribution in [0.3, 0.4) is 0 Å². The molecule has 0 saturated carbocycles. The van der Waals surface area contributed by atoms with E-state index in [1.807, 2.05) is 6.92 Å². The van der Waals surface area contributed by atoms with Gasteiger partial charge >= 0.3 is 0 Å². The molecule has 116 valence electrons. The number of nitrogens with zero attached hydrogens (tertiary/aromatic N) is 3. The lowest BCUT2D eigenvalue weighted by Gasteiger charge is -2.35. The van der Waals surface area contributed by atoms with E-state index >= 15 is 0 Å². The van der Waals surface area contributed by atoms with Gasteiger partial charge in [0.15, 0.2) is 0 Å². The zero-order valence-corrected chi connectivity index (χ0v) is 12.8. The summed E-state index contributed by atoms with van der Waals surface area (Å²) in [6.45, 7) is 7.30. The molecule has 0 bridgehead atoms. The van der Waals surface area contributed by atoms with Gasteiger partial charge in [-0.15, -0.1) is 0 Å². The van der Waals surface area contributed by atoms with E-state index in [2.05, 4.69) is 14.9 Å². The Balaban J connectivity index is 1.42. The van der Waals surface area contributed by atoms with E-state index in [4.69, 9.17) is 9.47 Å². The van der Waals surface area contributed by atoms with E-state index in [1.165, 1.54) is 19.4 Å². The number of aromatic nitrogens is 2. The molecular weight excluding hydrogens is 266 g/mol. The molecular formula is C16H25N3O2. The lowest BCUT2D eigenvalue weighted by Crippen LogP contribution is -2.41. The predicted molar refractivity (Wildman–Crippen MR) is 80.4 cm³/mol. The van der Waals surface area contributed by atoms with Gasteiger partial charge in [-0.2, -0.15) is 0 Å². The Kier molecular flexibility index (Phi) is 5.04. The molecule has 0 aliphatic carbocycles. The van der Waals surface area contributed by atoms with Gasteiger partial charge in [-0.25, -0.2) is 4.98 Å². The SMILES string of the molecule is Cc1cncc(OC2CCN(CC3CCOCC3)CC2)n1. The molecule has 3 rings (SSSR count). The minimum atomic E-state index is 0.284. The average molecular weight is 291 g/mol. The molecule has 0 N–H and O–H groups in total. The first-order valence-electron chi connectivity index (χ1n) is 8.05. The molecule has 2 saturated heterocycles. The minimum absolute atomic E-state index is 0.284. The molecule has 1 aromatic heterocycles. The number of likely N-dealkylation sites (tertiary alicyclic amines) is 1. The van der Waals surface area contributed by atoms with Crippen LogP contribution in [0.15, 0.2) is 12.4 Å². The second kappa shape index (κ2) is 7.18. The number of ether oxygens (including phenoxy) is 2. The van der Waals surface area contributed by atoms with Crippen molar-refractivity contribution in [2.45, 2.75) is 38.7 Å². The van der Waals surface area contributed by atoms with Crippen LogP contribution in [0.5, 0.6) is 5.88 Å². The molecule has 5 heteroatoms. The maximum absolute atomic E-state index is 5.95. The fourth-order valence-corrected chi connectivity index (χ4v) is 3.17. The van der Waals surface area contributed by atoms with Gasteiger partial charge in [-0.3, -0.25) is 4.98 Å². The number of hydrogen-bond acceptors (Lipinski definition) is 5. The van der Waals surface area contributed by atoms with Gasteiger partial charge in [0, 0.05) is 39.0 Å². The first-order valence-corrected chi connectivity index (χ1v) is 8.05. The van der Waals surface area contributed by atoms with Crippen LogP contribution in [0.1, 0.15) is 31.4 Å². The molecule has 0 atom stereocenters. The summed E-state index contributed by atoms with van der Waals surface area (Å²) in [6, 6.07) is 0. The Morgan fingerprint density at radius 1 is 1.19 bits per heavy atom. The van der Waals surface area contributed by atoms with E-state index in [-0.39, 0.29) is 6.10 Å². The van der Waals surface area contributed by atoms with Crippen molar-refractivity contribution in [2.24, 2.45) is 5.92 Å². The standard InChI is InChI=1S/C16H25N3O2/c1-13-10-17-11-16(18-13)21-15-2-6-19(7-3-15)12-14-4-8-20-9-5-14/h10-11,14-15H,2-9,12H2,1H3. The van der Waals surface area contributed by atoms with Crippen LogP contribution in [0.2, 0.25) is 0 Å². The van der Waals surface area contributed by atoms with Gasteiger partial charge in [0.2, 0.25) is 5.88 Å². The summed E-state index contributed by atoms with van der Waals surface area (Å²) in [6.07, 6.45) is 8.35. The predicted octanol–water partition coefficient (Wildman–Crippen LogP) is 2.05. The molecule has 0 spiro atoms. The molecule has 0 amide bonds. The van der Waals surface area contributed by atoms with Gasteiger partial charge < -0.3 is 14.4 Å². The monoisotopic (exact) mass is 291 g/mol. The highest BCUT2D eigenvalue weighted by atomic mass is 16.5.